The molecule has 0 aliphatic heterocycles. The molecule has 0 spiro atoms. The third-order valence-electron chi connectivity index (χ3n) is 5.73. The van der Waals surface area contributed by atoms with Gasteiger partial charge in [-0.3, -0.25) is 4.79 Å². The van der Waals surface area contributed by atoms with E-state index in [-0.39, 0.29) is 11.9 Å². The van der Waals surface area contributed by atoms with Crippen LogP contribution in [0.2, 0.25) is 0 Å². The van der Waals surface area contributed by atoms with Crippen LogP contribution in [0.5, 0.6) is 0 Å². The zero-order valence-electron chi connectivity index (χ0n) is 19.5. The number of nitrogens with one attached hydrogen (secondary N) is 1. The maximum absolute atomic E-state index is 13.3. The van der Waals surface area contributed by atoms with E-state index in [0.29, 0.717) is 23.4 Å². The van der Waals surface area contributed by atoms with Crippen molar-refractivity contribution in [3.8, 4) is 11.3 Å². The molecule has 4 aromatic rings. The average Bonchev–Trinajstić information content (AvgIpc) is 2.88. The summed E-state index contributed by atoms with van der Waals surface area (Å²) in [5.74, 6) is -0.589. The summed E-state index contributed by atoms with van der Waals surface area (Å²) >= 11 is 0. The Bertz CT molecular complexity index is 1300. The standard InChI is InChI=1S/C29H28N2O3/c1-3-5-18-34-29(33)22-14-16-23(17-15-22)30-28(32)25-19-27(21-12-10-20(4-2)11-13-21)31-26-9-7-6-8-24(25)26/h6-17,19H,3-5,18H2,1-2H3,(H,30,32). The molecule has 0 radical (unpaired) electrons. The van der Waals surface area contributed by atoms with Gasteiger partial charge in [0.15, 0.2) is 0 Å². The van der Waals surface area contributed by atoms with Crippen LogP contribution < -0.4 is 5.32 Å². The van der Waals surface area contributed by atoms with Crippen molar-refractivity contribution in [1.29, 1.82) is 0 Å². The molecule has 34 heavy (non-hydrogen) atoms. The highest BCUT2D eigenvalue weighted by Crippen LogP contribution is 2.26. The summed E-state index contributed by atoms with van der Waals surface area (Å²) in [5, 5.41) is 3.73. The van der Waals surface area contributed by atoms with E-state index in [9.17, 15) is 9.59 Å². The Kier molecular flexibility index (Phi) is 7.33. The molecular formula is C29H28N2O3. The van der Waals surface area contributed by atoms with Crippen LogP contribution in [0.1, 0.15) is 53.0 Å². The summed E-state index contributed by atoms with van der Waals surface area (Å²) in [6.07, 6.45) is 2.77. The molecule has 0 fully saturated rings. The van der Waals surface area contributed by atoms with Crippen LogP contribution in [-0.2, 0) is 11.2 Å². The largest absolute Gasteiger partial charge is 0.462 e. The lowest BCUT2D eigenvalue weighted by Crippen LogP contribution is -2.13. The molecule has 0 aliphatic rings. The number of para-hydroxylation sites is 1. The van der Waals surface area contributed by atoms with E-state index in [0.717, 1.165) is 41.4 Å². The van der Waals surface area contributed by atoms with E-state index in [4.69, 9.17) is 9.72 Å². The molecule has 172 valence electrons. The summed E-state index contributed by atoms with van der Waals surface area (Å²) in [5.41, 5.74) is 5.32. The number of benzene rings is 3. The fraction of sp³-hybridized carbons (Fsp3) is 0.207. The zero-order chi connectivity index (χ0) is 23.9. The van der Waals surface area contributed by atoms with Gasteiger partial charge in [-0.1, -0.05) is 62.7 Å². The molecule has 1 heterocycles. The lowest BCUT2D eigenvalue weighted by molar-refractivity contribution is 0.0499. The van der Waals surface area contributed by atoms with Gasteiger partial charge >= 0.3 is 5.97 Å². The second-order valence-corrected chi connectivity index (χ2v) is 8.14. The number of aryl methyl sites for hydroxylation is 1. The predicted octanol–water partition coefficient (Wildman–Crippen LogP) is 6.67. The maximum atomic E-state index is 13.3. The highest BCUT2D eigenvalue weighted by molar-refractivity contribution is 6.13. The number of esters is 1. The number of nitrogens with zero attached hydrogens (tertiary/aromatic N) is 1. The summed E-state index contributed by atoms with van der Waals surface area (Å²) in [6, 6.07) is 24.4. The molecule has 5 nitrogen and oxygen atoms in total. The number of hydrogen-bond acceptors (Lipinski definition) is 4. The van der Waals surface area contributed by atoms with Gasteiger partial charge in [-0.15, -0.1) is 0 Å². The fourth-order valence-corrected chi connectivity index (χ4v) is 3.70. The van der Waals surface area contributed by atoms with Gasteiger partial charge in [0, 0.05) is 16.6 Å². The number of hydrogen-bond donors (Lipinski definition) is 1. The molecular weight excluding hydrogens is 424 g/mol. The number of rotatable bonds is 8. The van der Waals surface area contributed by atoms with Gasteiger partial charge in [-0.25, -0.2) is 9.78 Å². The molecule has 0 saturated carbocycles. The Hall–Kier alpha value is -3.99. The number of fused-ring (bicyclic) bond motifs is 1. The summed E-state index contributed by atoms with van der Waals surface area (Å²) in [6.45, 7) is 4.57. The van der Waals surface area contributed by atoms with Gasteiger partial charge in [-0.2, -0.15) is 0 Å². The van der Waals surface area contributed by atoms with Crippen molar-refractivity contribution in [2.75, 3.05) is 11.9 Å². The van der Waals surface area contributed by atoms with E-state index < -0.39 is 0 Å². The molecule has 0 aliphatic carbocycles. The van der Waals surface area contributed by atoms with Crippen LogP contribution >= 0.6 is 0 Å². The smallest absolute Gasteiger partial charge is 0.338 e. The van der Waals surface area contributed by atoms with Crippen molar-refractivity contribution in [3.05, 3.63) is 95.6 Å². The third kappa shape index (κ3) is 5.31. The minimum Gasteiger partial charge on any atom is -0.462 e. The van der Waals surface area contributed by atoms with Crippen molar-refractivity contribution in [2.24, 2.45) is 0 Å². The molecule has 1 N–H and O–H groups in total. The summed E-state index contributed by atoms with van der Waals surface area (Å²) in [7, 11) is 0. The molecule has 5 heteroatoms. The number of anilines is 1. The maximum Gasteiger partial charge on any atom is 0.338 e. The van der Waals surface area contributed by atoms with Crippen LogP contribution in [0, 0.1) is 0 Å². The van der Waals surface area contributed by atoms with Crippen LogP contribution in [-0.4, -0.2) is 23.5 Å². The van der Waals surface area contributed by atoms with E-state index in [2.05, 4.69) is 24.4 Å². The third-order valence-corrected chi connectivity index (χ3v) is 5.73. The first-order valence-corrected chi connectivity index (χ1v) is 11.7. The first-order chi connectivity index (χ1) is 16.6. The van der Waals surface area contributed by atoms with Crippen LogP contribution in [0.3, 0.4) is 0 Å². The molecule has 1 aromatic heterocycles. The lowest BCUT2D eigenvalue weighted by atomic mass is 10.0. The first kappa shape index (κ1) is 23.2. The highest BCUT2D eigenvalue weighted by Gasteiger charge is 2.15. The van der Waals surface area contributed by atoms with Crippen molar-refractivity contribution in [2.45, 2.75) is 33.1 Å². The number of ether oxygens (including phenoxy) is 1. The van der Waals surface area contributed by atoms with Gasteiger partial charge in [0.25, 0.3) is 5.91 Å². The molecule has 4 rings (SSSR count). The Morgan fingerprint density at radius 3 is 2.35 bits per heavy atom. The topological polar surface area (TPSA) is 68.3 Å². The van der Waals surface area contributed by atoms with E-state index in [1.54, 1.807) is 24.3 Å². The van der Waals surface area contributed by atoms with E-state index >= 15 is 0 Å². The van der Waals surface area contributed by atoms with Crippen LogP contribution in [0.15, 0.2) is 78.9 Å². The average molecular weight is 453 g/mol. The molecule has 0 saturated heterocycles. The Morgan fingerprint density at radius 1 is 0.912 bits per heavy atom. The van der Waals surface area contributed by atoms with E-state index in [1.807, 2.05) is 49.4 Å². The normalized spacial score (nSPS) is 10.8. The van der Waals surface area contributed by atoms with Gasteiger partial charge in [-0.05, 0) is 54.8 Å². The first-order valence-electron chi connectivity index (χ1n) is 11.7. The Morgan fingerprint density at radius 2 is 1.65 bits per heavy atom. The second kappa shape index (κ2) is 10.8. The second-order valence-electron chi connectivity index (χ2n) is 8.14. The van der Waals surface area contributed by atoms with Gasteiger partial charge in [0.1, 0.15) is 0 Å². The molecule has 0 atom stereocenters. The van der Waals surface area contributed by atoms with Crippen LogP contribution in [0.4, 0.5) is 5.69 Å². The Balaban J connectivity index is 1.58. The minimum atomic E-state index is -0.356. The van der Waals surface area contributed by atoms with Gasteiger partial charge < -0.3 is 10.1 Å². The Labute approximate surface area is 199 Å². The van der Waals surface area contributed by atoms with Crippen molar-refractivity contribution >= 4 is 28.5 Å². The van der Waals surface area contributed by atoms with Crippen LogP contribution in [0.25, 0.3) is 22.2 Å². The van der Waals surface area contributed by atoms with Crippen molar-refractivity contribution in [3.63, 3.8) is 0 Å². The number of carbonyl (C=O) groups is 2. The lowest BCUT2D eigenvalue weighted by Gasteiger charge is -2.11. The summed E-state index contributed by atoms with van der Waals surface area (Å²) < 4.78 is 5.24. The highest BCUT2D eigenvalue weighted by atomic mass is 16.5. The number of aromatic nitrogens is 1. The monoisotopic (exact) mass is 452 g/mol. The SMILES string of the molecule is CCCCOC(=O)c1ccc(NC(=O)c2cc(-c3ccc(CC)cc3)nc3ccccc23)cc1. The number of carbonyl (C=O) groups excluding carboxylic acids is 2. The molecule has 0 unspecified atom stereocenters. The minimum absolute atomic E-state index is 0.233. The van der Waals surface area contributed by atoms with Gasteiger partial charge in [0.2, 0.25) is 0 Å². The quantitative estimate of drug-likeness (QED) is 0.239. The zero-order valence-corrected chi connectivity index (χ0v) is 19.5. The number of unbranched alkanes of at least 4 members (excludes halogenated alkanes) is 1. The van der Waals surface area contributed by atoms with Crippen molar-refractivity contribution < 1.29 is 14.3 Å². The fourth-order valence-electron chi connectivity index (χ4n) is 3.70. The molecule has 3 aromatic carbocycles. The molecule has 0 bridgehead atoms. The molecule has 1 amide bonds. The van der Waals surface area contributed by atoms with Crippen molar-refractivity contribution in [1.82, 2.24) is 4.98 Å². The van der Waals surface area contributed by atoms with Gasteiger partial charge in [0.05, 0.1) is 28.9 Å². The number of amides is 1. The summed E-state index contributed by atoms with van der Waals surface area (Å²) in [4.78, 5) is 30.2. The predicted molar refractivity (Wildman–Crippen MR) is 136 cm³/mol. The number of pyridine rings is 1. The van der Waals surface area contributed by atoms with E-state index in [1.165, 1.54) is 5.56 Å².